The van der Waals surface area contributed by atoms with Crippen LogP contribution >= 0.6 is 0 Å². The number of methoxy groups -OCH3 is 1. The Morgan fingerprint density at radius 1 is 1.11 bits per heavy atom. The van der Waals surface area contributed by atoms with E-state index in [0.29, 0.717) is 17.1 Å². The van der Waals surface area contributed by atoms with Gasteiger partial charge in [0.25, 0.3) is 5.91 Å². The molecule has 0 aliphatic carbocycles. The van der Waals surface area contributed by atoms with Crippen molar-refractivity contribution >= 4 is 17.5 Å². The molecule has 0 spiro atoms. The molecule has 0 radical (unpaired) electrons. The molecule has 2 rings (SSSR count). The summed E-state index contributed by atoms with van der Waals surface area (Å²) in [5.74, 6) is 0.539. The van der Waals surface area contributed by atoms with Crippen molar-refractivity contribution in [1.29, 1.82) is 0 Å². The van der Waals surface area contributed by atoms with E-state index in [9.17, 15) is 9.59 Å². The van der Waals surface area contributed by atoms with Crippen LogP contribution in [0.1, 0.15) is 36.7 Å². The van der Waals surface area contributed by atoms with E-state index in [1.165, 1.54) is 12.0 Å². The van der Waals surface area contributed by atoms with Gasteiger partial charge < -0.3 is 19.7 Å². The number of carbonyl (C=O) groups excluding carboxylic acids is 2. The van der Waals surface area contributed by atoms with E-state index in [1.54, 1.807) is 25.2 Å². The molecule has 2 aromatic carbocycles. The van der Waals surface area contributed by atoms with E-state index in [-0.39, 0.29) is 24.5 Å². The largest absolute Gasteiger partial charge is 0.493 e. The van der Waals surface area contributed by atoms with E-state index in [1.807, 2.05) is 45.0 Å². The number of rotatable bonds is 8. The third-order valence-electron chi connectivity index (χ3n) is 4.17. The van der Waals surface area contributed by atoms with Crippen LogP contribution in [0.5, 0.6) is 11.5 Å². The lowest BCUT2D eigenvalue weighted by molar-refractivity contribution is -0.116. The second-order valence-electron chi connectivity index (χ2n) is 6.75. The highest BCUT2D eigenvalue weighted by Crippen LogP contribution is 2.29. The lowest BCUT2D eigenvalue weighted by Crippen LogP contribution is -2.35. The third-order valence-corrected chi connectivity index (χ3v) is 4.17. The molecule has 150 valence electrons. The predicted molar refractivity (Wildman–Crippen MR) is 110 cm³/mol. The molecular weight excluding hydrogens is 356 g/mol. The van der Waals surface area contributed by atoms with Gasteiger partial charge >= 0.3 is 0 Å². The first-order valence-electron chi connectivity index (χ1n) is 9.33. The van der Waals surface area contributed by atoms with Crippen molar-refractivity contribution in [3.05, 3.63) is 53.6 Å². The summed E-state index contributed by atoms with van der Waals surface area (Å²) in [4.78, 5) is 26.5. The molecular formula is C22H28N2O4. The fourth-order valence-electron chi connectivity index (χ4n) is 2.80. The number of nitrogens with one attached hydrogen (secondary N) is 1. The number of nitrogens with zero attached hydrogens (tertiary/aromatic N) is 1. The van der Waals surface area contributed by atoms with Gasteiger partial charge in [0.05, 0.1) is 19.8 Å². The maximum Gasteiger partial charge on any atom is 0.254 e. The van der Waals surface area contributed by atoms with Gasteiger partial charge in [-0.3, -0.25) is 9.59 Å². The number of amides is 2. The number of hydrogen-bond donors (Lipinski definition) is 1. The number of para-hydroxylation sites is 1. The third kappa shape index (κ3) is 5.49. The lowest BCUT2D eigenvalue weighted by atomic mass is 10.1. The van der Waals surface area contributed by atoms with Crippen molar-refractivity contribution in [3.63, 3.8) is 0 Å². The van der Waals surface area contributed by atoms with E-state index >= 15 is 0 Å². The van der Waals surface area contributed by atoms with Gasteiger partial charge in [0, 0.05) is 18.3 Å². The zero-order valence-electron chi connectivity index (χ0n) is 17.1. The molecule has 0 heterocycles. The second-order valence-corrected chi connectivity index (χ2v) is 6.75. The summed E-state index contributed by atoms with van der Waals surface area (Å²) in [5.41, 5.74) is 2.25. The van der Waals surface area contributed by atoms with Crippen LogP contribution in [0.3, 0.4) is 0 Å². The van der Waals surface area contributed by atoms with Crippen molar-refractivity contribution in [2.24, 2.45) is 0 Å². The molecule has 2 amide bonds. The summed E-state index contributed by atoms with van der Waals surface area (Å²) in [6.45, 7) is 5.81. The summed E-state index contributed by atoms with van der Waals surface area (Å²) in [6.07, 6.45) is 0.809. The zero-order chi connectivity index (χ0) is 20.7. The average molecular weight is 384 g/mol. The number of ether oxygens (including phenoxy) is 2. The molecule has 0 atom stereocenters. The maximum absolute atomic E-state index is 12.7. The monoisotopic (exact) mass is 384 g/mol. The second kappa shape index (κ2) is 9.78. The Hall–Kier alpha value is -3.02. The first-order valence-corrected chi connectivity index (χ1v) is 9.33. The molecule has 0 aromatic heterocycles. The van der Waals surface area contributed by atoms with E-state index < -0.39 is 0 Å². The Bertz CT molecular complexity index is 833. The van der Waals surface area contributed by atoms with Crippen LogP contribution in [-0.2, 0) is 11.2 Å². The molecule has 0 fully saturated rings. The molecule has 0 aliphatic heterocycles. The minimum Gasteiger partial charge on any atom is -0.493 e. The SMILES string of the molecule is CCc1ccccc1NC(=O)CN(C)C(=O)c1ccc(OC(C)C)c(OC)c1. The fourth-order valence-corrected chi connectivity index (χ4v) is 2.80. The highest BCUT2D eigenvalue weighted by atomic mass is 16.5. The molecule has 0 aliphatic rings. The van der Waals surface area contributed by atoms with Gasteiger partial charge in [-0.1, -0.05) is 25.1 Å². The van der Waals surface area contributed by atoms with E-state index in [0.717, 1.165) is 17.7 Å². The van der Waals surface area contributed by atoms with Gasteiger partial charge in [-0.15, -0.1) is 0 Å². The van der Waals surface area contributed by atoms with Crippen LogP contribution in [0.2, 0.25) is 0 Å². The first-order chi connectivity index (χ1) is 13.3. The van der Waals surface area contributed by atoms with Gasteiger partial charge in [-0.05, 0) is 50.1 Å². The van der Waals surface area contributed by atoms with Crippen molar-refractivity contribution in [2.45, 2.75) is 33.3 Å². The summed E-state index contributed by atoms with van der Waals surface area (Å²) >= 11 is 0. The number of carbonyl (C=O) groups is 2. The van der Waals surface area contributed by atoms with Crippen LogP contribution in [-0.4, -0.2) is 43.5 Å². The Kier molecular flexibility index (Phi) is 7.44. The number of likely N-dealkylation sites (N-methyl/N-ethyl adjacent to an activating group) is 1. The standard InChI is InChI=1S/C22H28N2O4/c1-6-16-9-7-8-10-18(16)23-21(25)14-24(4)22(26)17-11-12-19(28-15(2)3)20(13-17)27-5/h7-13,15H,6,14H2,1-5H3,(H,23,25). The maximum atomic E-state index is 12.7. The van der Waals surface area contributed by atoms with Crippen LogP contribution in [0, 0.1) is 0 Å². The molecule has 0 saturated heterocycles. The highest BCUT2D eigenvalue weighted by molar-refractivity contribution is 5.99. The molecule has 0 bridgehead atoms. The zero-order valence-corrected chi connectivity index (χ0v) is 17.1. The fraction of sp³-hybridized carbons (Fsp3) is 0.364. The number of anilines is 1. The summed E-state index contributed by atoms with van der Waals surface area (Å²) < 4.78 is 11.0. The molecule has 0 unspecified atom stereocenters. The topological polar surface area (TPSA) is 67.9 Å². The van der Waals surface area contributed by atoms with Gasteiger partial charge in [-0.2, -0.15) is 0 Å². The highest BCUT2D eigenvalue weighted by Gasteiger charge is 2.18. The molecule has 6 nitrogen and oxygen atoms in total. The van der Waals surface area contributed by atoms with Crippen molar-refractivity contribution in [3.8, 4) is 11.5 Å². The molecule has 28 heavy (non-hydrogen) atoms. The minimum atomic E-state index is -0.270. The Morgan fingerprint density at radius 2 is 1.82 bits per heavy atom. The molecule has 2 aromatic rings. The van der Waals surface area contributed by atoms with Gasteiger partial charge in [0.2, 0.25) is 5.91 Å². The van der Waals surface area contributed by atoms with Crippen molar-refractivity contribution in [1.82, 2.24) is 4.90 Å². The first kappa shape index (κ1) is 21.3. The molecule has 0 saturated carbocycles. The quantitative estimate of drug-likeness (QED) is 0.753. The predicted octanol–water partition coefficient (Wildman–Crippen LogP) is 3.76. The van der Waals surface area contributed by atoms with Gasteiger partial charge in [-0.25, -0.2) is 0 Å². The van der Waals surface area contributed by atoms with Crippen molar-refractivity contribution in [2.75, 3.05) is 26.0 Å². The normalized spacial score (nSPS) is 10.5. The summed E-state index contributed by atoms with van der Waals surface area (Å²) in [7, 11) is 3.12. The number of hydrogen-bond acceptors (Lipinski definition) is 4. The van der Waals surface area contributed by atoms with Crippen LogP contribution in [0.15, 0.2) is 42.5 Å². The molecule has 6 heteroatoms. The Balaban J connectivity index is 2.06. The summed E-state index contributed by atoms with van der Waals surface area (Å²) in [5, 5.41) is 2.87. The minimum absolute atomic E-state index is 0.00665. The van der Waals surface area contributed by atoms with E-state index in [4.69, 9.17) is 9.47 Å². The number of benzene rings is 2. The lowest BCUT2D eigenvalue weighted by Gasteiger charge is -2.19. The molecule has 1 N–H and O–H groups in total. The average Bonchev–Trinajstić information content (AvgIpc) is 2.67. The number of aryl methyl sites for hydroxylation is 1. The van der Waals surface area contributed by atoms with Crippen molar-refractivity contribution < 1.29 is 19.1 Å². The van der Waals surface area contributed by atoms with Gasteiger partial charge in [0.1, 0.15) is 0 Å². The smallest absolute Gasteiger partial charge is 0.254 e. The van der Waals surface area contributed by atoms with Crippen LogP contribution in [0.25, 0.3) is 0 Å². The van der Waals surface area contributed by atoms with E-state index in [2.05, 4.69) is 5.32 Å². The van der Waals surface area contributed by atoms with Crippen LogP contribution in [0.4, 0.5) is 5.69 Å². The Labute approximate surface area is 166 Å². The van der Waals surface area contributed by atoms with Crippen LogP contribution < -0.4 is 14.8 Å². The summed E-state index contributed by atoms with van der Waals surface area (Å²) in [6, 6.07) is 12.6. The van der Waals surface area contributed by atoms with Gasteiger partial charge in [0.15, 0.2) is 11.5 Å². The Morgan fingerprint density at radius 3 is 2.46 bits per heavy atom.